The maximum Gasteiger partial charge on any atom is 0.219 e. The highest BCUT2D eigenvalue weighted by Crippen LogP contribution is 2.56. The van der Waals surface area contributed by atoms with Crippen molar-refractivity contribution in [2.75, 3.05) is 0 Å². The van der Waals surface area contributed by atoms with E-state index in [1.165, 1.54) is 32.1 Å². The molecule has 4 fully saturated rings. The molecule has 4 saturated carbocycles. The Morgan fingerprint density at radius 1 is 1.05 bits per heavy atom. The smallest absolute Gasteiger partial charge is 0.219 e. The SMILES string of the molecule is Oc1ccc2oc(C=C3C4CC5CC(C4)CC3C5)nc2c1. The van der Waals surface area contributed by atoms with Crippen molar-refractivity contribution in [1.29, 1.82) is 0 Å². The molecular formula is C18H19NO2. The molecule has 3 heteroatoms. The first-order chi connectivity index (χ1) is 10.2. The van der Waals surface area contributed by atoms with E-state index in [-0.39, 0.29) is 5.75 Å². The third-order valence-corrected chi connectivity index (χ3v) is 5.76. The minimum absolute atomic E-state index is 0.240. The zero-order valence-corrected chi connectivity index (χ0v) is 12.0. The fourth-order valence-electron chi connectivity index (χ4n) is 5.10. The van der Waals surface area contributed by atoms with E-state index in [1.807, 2.05) is 0 Å². The van der Waals surface area contributed by atoms with Gasteiger partial charge in [0.1, 0.15) is 11.3 Å². The van der Waals surface area contributed by atoms with Crippen LogP contribution in [0.5, 0.6) is 5.75 Å². The van der Waals surface area contributed by atoms with Crippen molar-refractivity contribution in [3.63, 3.8) is 0 Å². The van der Waals surface area contributed by atoms with E-state index in [4.69, 9.17) is 4.42 Å². The summed E-state index contributed by atoms with van der Waals surface area (Å²) in [5.74, 6) is 4.44. The number of aromatic nitrogens is 1. The summed E-state index contributed by atoms with van der Waals surface area (Å²) in [6.07, 6.45) is 9.17. The molecule has 0 amide bonds. The molecule has 0 aliphatic heterocycles. The molecule has 3 nitrogen and oxygen atoms in total. The highest BCUT2D eigenvalue weighted by Gasteiger charge is 2.45. The van der Waals surface area contributed by atoms with Crippen LogP contribution in [-0.2, 0) is 0 Å². The second kappa shape index (κ2) is 4.12. The van der Waals surface area contributed by atoms with Gasteiger partial charge in [0.2, 0.25) is 5.89 Å². The number of aromatic hydroxyl groups is 1. The molecule has 0 saturated heterocycles. The Balaban J connectivity index is 1.54. The predicted octanol–water partition coefficient (Wildman–Crippen LogP) is 4.37. The van der Waals surface area contributed by atoms with Gasteiger partial charge >= 0.3 is 0 Å². The molecule has 4 aliphatic carbocycles. The first-order valence-electron chi connectivity index (χ1n) is 8.05. The number of benzene rings is 1. The average molecular weight is 281 g/mol. The highest BCUT2D eigenvalue weighted by molar-refractivity contribution is 5.75. The molecule has 0 spiro atoms. The summed E-state index contributed by atoms with van der Waals surface area (Å²) in [4.78, 5) is 4.52. The fourth-order valence-corrected chi connectivity index (χ4v) is 5.10. The van der Waals surface area contributed by atoms with Crippen molar-refractivity contribution in [1.82, 2.24) is 4.98 Å². The van der Waals surface area contributed by atoms with Crippen LogP contribution in [-0.4, -0.2) is 10.1 Å². The minimum atomic E-state index is 0.240. The summed E-state index contributed by atoms with van der Waals surface area (Å²) in [6, 6.07) is 5.10. The topological polar surface area (TPSA) is 46.3 Å². The summed E-state index contributed by atoms with van der Waals surface area (Å²) in [5, 5.41) is 9.53. The van der Waals surface area contributed by atoms with Gasteiger partial charge in [0.05, 0.1) is 0 Å². The molecule has 1 aromatic carbocycles. The lowest BCUT2D eigenvalue weighted by Crippen LogP contribution is -2.40. The molecule has 0 atom stereocenters. The van der Waals surface area contributed by atoms with Crippen LogP contribution in [0.25, 0.3) is 17.2 Å². The molecule has 4 aliphatic rings. The van der Waals surface area contributed by atoms with Crippen LogP contribution in [0, 0.1) is 23.7 Å². The Morgan fingerprint density at radius 2 is 1.76 bits per heavy atom. The third-order valence-electron chi connectivity index (χ3n) is 5.76. The maximum atomic E-state index is 9.53. The first-order valence-corrected chi connectivity index (χ1v) is 8.05. The van der Waals surface area contributed by atoms with Gasteiger partial charge in [-0.1, -0.05) is 5.57 Å². The normalized spacial score (nSPS) is 33.8. The number of phenolic OH excluding ortho intramolecular Hbond substituents is 1. The molecule has 1 N–H and O–H groups in total. The highest BCUT2D eigenvalue weighted by atomic mass is 16.3. The van der Waals surface area contributed by atoms with Crippen molar-refractivity contribution in [2.45, 2.75) is 32.1 Å². The Bertz CT molecular complexity index is 713. The monoisotopic (exact) mass is 281 g/mol. The van der Waals surface area contributed by atoms with Gasteiger partial charge in [-0.2, -0.15) is 0 Å². The van der Waals surface area contributed by atoms with E-state index < -0.39 is 0 Å². The molecule has 2 aromatic rings. The molecule has 1 heterocycles. The number of rotatable bonds is 1. The summed E-state index contributed by atoms with van der Waals surface area (Å²) in [7, 11) is 0. The number of hydrogen-bond acceptors (Lipinski definition) is 3. The van der Waals surface area contributed by atoms with Gasteiger partial charge in [-0.25, -0.2) is 4.98 Å². The number of hydrogen-bond donors (Lipinski definition) is 1. The number of allylic oxidation sites excluding steroid dienone is 1. The van der Waals surface area contributed by atoms with Gasteiger partial charge in [0, 0.05) is 12.1 Å². The lowest BCUT2D eigenvalue weighted by molar-refractivity contribution is 0.0709. The number of fused-ring (bicyclic) bond motifs is 1. The van der Waals surface area contributed by atoms with Crippen LogP contribution < -0.4 is 0 Å². The van der Waals surface area contributed by atoms with E-state index in [1.54, 1.807) is 23.8 Å². The van der Waals surface area contributed by atoms with Gasteiger partial charge < -0.3 is 9.52 Å². The molecule has 1 aromatic heterocycles. The maximum absolute atomic E-state index is 9.53. The van der Waals surface area contributed by atoms with E-state index >= 15 is 0 Å². The van der Waals surface area contributed by atoms with Crippen LogP contribution in [0.4, 0.5) is 0 Å². The van der Waals surface area contributed by atoms with Crippen LogP contribution in [0.1, 0.15) is 38.0 Å². The molecular weight excluding hydrogens is 262 g/mol. The zero-order valence-electron chi connectivity index (χ0n) is 12.0. The molecule has 0 radical (unpaired) electrons. The minimum Gasteiger partial charge on any atom is -0.508 e. The van der Waals surface area contributed by atoms with E-state index in [2.05, 4.69) is 11.1 Å². The van der Waals surface area contributed by atoms with E-state index in [0.717, 1.165) is 34.8 Å². The average Bonchev–Trinajstić information content (AvgIpc) is 2.83. The second-order valence-electron chi connectivity index (χ2n) is 7.15. The third kappa shape index (κ3) is 1.83. The number of nitrogens with zero attached hydrogens (tertiary/aromatic N) is 1. The quantitative estimate of drug-likeness (QED) is 0.844. The van der Waals surface area contributed by atoms with E-state index in [9.17, 15) is 5.11 Å². The molecule has 108 valence electrons. The van der Waals surface area contributed by atoms with Gasteiger partial charge in [0.25, 0.3) is 0 Å². The standard InChI is InChI=1S/C18H19NO2/c20-14-1-2-17-16(8-14)19-18(21-17)9-15-12-4-10-3-11(6-12)7-13(15)5-10/h1-2,8-13,20H,3-7H2. The Morgan fingerprint density at radius 3 is 2.48 bits per heavy atom. The number of oxazole rings is 1. The molecule has 21 heavy (non-hydrogen) atoms. The van der Waals surface area contributed by atoms with Crippen molar-refractivity contribution in [3.05, 3.63) is 29.7 Å². The summed E-state index contributed by atoms with van der Waals surface area (Å²) < 4.78 is 5.83. The molecule has 6 rings (SSSR count). The lowest BCUT2D eigenvalue weighted by Gasteiger charge is -2.51. The van der Waals surface area contributed by atoms with Crippen molar-refractivity contribution in [3.8, 4) is 5.75 Å². The van der Waals surface area contributed by atoms with Gasteiger partial charge in [-0.3, -0.25) is 0 Å². The Labute approximate surface area is 123 Å². The van der Waals surface area contributed by atoms with Crippen LogP contribution >= 0.6 is 0 Å². The van der Waals surface area contributed by atoms with Gasteiger partial charge in [-0.05, 0) is 67.9 Å². The summed E-state index contributed by atoms with van der Waals surface area (Å²) >= 11 is 0. The number of phenols is 1. The largest absolute Gasteiger partial charge is 0.508 e. The zero-order chi connectivity index (χ0) is 14.0. The van der Waals surface area contributed by atoms with Gasteiger partial charge in [-0.15, -0.1) is 0 Å². The fraction of sp³-hybridized carbons (Fsp3) is 0.500. The Hall–Kier alpha value is -1.77. The van der Waals surface area contributed by atoms with Crippen LogP contribution in [0.15, 0.2) is 28.2 Å². The van der Waals surface area contributed by atoms with Crippen molar-refractivity contribution < 1.29 is 9.52 Å². The summed E-state index contributed by atoms with van der Waals surface area (Å²) in [5.41, 5.74) is 3.08. The predicted molar refractivity (Wildman–Crippen MR) is 80.7 cm³/mol. The molecule has 4 bridgehead atoms. The van der Waals surface area contributed by atoms with Gasteiger partial charge in [0.15, 0.2) is 5.58 Å². The second-order valence-corrected chi connectivity index (χ2v) is 7.15. The van der Waals surface area contributed by atoms with Crippen molar-refractivity contribution >= 4 is 17.2 Å². The first kappa shape index (κ1) is 11.8. The van der Waals surface area contributed by atoms with Crippen LogP contribution in [0.3, 0.4) is 0 Å². The Kier molecular flexibility index (Phi) is 2.33. The van der Waals surface area contributed by atoms with Crippen molar-refractivity contribution in [2.24, 2.45) is 23.7 Å². The van der Waals surface area contributed by atoms with Crippen LogP contribution in [0.2, 0.25) is 0 Å². The summed E-state index contributed by atoms with van der Waals surface area (Å²) in [6.45, 7) is 0. The van der Waals surface area contributed by atoms with E-state index in [0.29, 0.717) is 5.89 Å². The lowest BCUT2D eigenvalue weighted by atomic mass is 9.54. The molecule has 0 unspecified atom stereocenters.